The van der Waals surface area contributed by atoms with Crippen molar-refractivity contribution in [3.63, 3.8) is 0 Å². The van der Waals surface area contributed by atoms with Crippen molar-refractivity contribution in [3.05, 3.63) is 58.1 Å². The summed E-state index contributed by atoms with van der Waals surface area (Å²) in [5, 5.41) is 15.2. The summed E-state index contributed by atoms with van der Waals surface area (Å²) in [5.74, 6) is -1.57. The Kier molecular flexibility index (Phi) is 8.71. The minimum atomic E-state index is -1.10. The molecule has 2 aromatic rings. The summed E-state index contributed by atoms with van der Waals surface area (Å²) in [4.78, 5) is 36.5. The number of anilines is 1. The lowest BCUT2D eigenvalue weighted by atomic mass is 10.0. The van der Waals surface area contributed by atoms with E-state index in [-0.39, 0.29) is 16.3 Å². The molecule has 2 aromatic carbocycles. The van der Waals surface area contributed by atoms with Crippen LogP contribution in [0.3, 0.4) is 0 Å². The van der Waals surface area contributed by atoms with Crippen LogP contribution in [-0.2, 0) is 14.3 Å². The predicted molar refractivity (Wildman–Crippen MR) is 136 cm³/mol. The number of carboxylic acids is 1. The number of hydrogen-bond acceptors (Lipinski definition) is 7. The van der Waals surface area contributed by atoms with Crippen LogP contribution in [0.4, 0.5) is 5.69 Å². The molecule has 10 heteroatoms. The van der Waals surface area contributed by atoms with Gasteiger partial charge >= 0.3 is 11.9 Å². The number of carbonyl (C=O) groups is 3. The number of hydrazone groups is 1. The Morgan fingerprint density at radius 2 is 1.97 bits per heavy atom. The normalized spacial score (nSPS) is 15.0. The standard InChI is InChI=1S/C26H27ClN2O7/c1-5-8-21-19(24(30)29(28-21)18-10-7-9-17(14-18)25(31)32)11-16-12-20(27)23(22(13-16)35-6-2)36-15(3)26(33)34-4/h7,9-15H,5-6,8H2,1-4H3,(H,31,32). The van der Waals surface area contributed by atoms with E-state index in [1.807, 2.05) is 6.92 Å². The van der Waals surface area contributed by atoms with Crippen molar-refractivity contribution in [3.8, 4) is 11.5 Å². The Hall–Kier alpha value is -3.85. The average Bonchev–Trinajstić information content (AvgIpc) is 3.16. The fourth-order valence-electron chi connectivity index (χ4n) is 3.58. The minimum Gasteiger partial charge on any atom is -0.490 e. The molecule has 0 aliphatic carbocycles. The maximum Gasteiger partial charge on any atom is 0.346 e. The summed E-state index contributed by atoms with van der Waals surface area (Å²) >= 11 is 6.49. The Balaban J connectivity index is 2.01. The second-order valence-electron chi connectivity index (χ2n) is 7.87. The number of nitrogens with zero attached hydrogens (tertiary/aromatic N) is 2. The lowest BCUT2D eigenvalue weighted by molar-refractivity contribution is -0.147. The van der Waals surface area contributed by atoms with Crippen molar-refractivity contribution >= 4 is 46.9 Å². The van der Waals surface area contributed by atoms with Crippen molar-refractivity contribution in [1.82, 2.24) is 0 Å². The highest BCUT2D eigenvalue weighted by Gasteiger charge is 2.31. The third-order valence-corrected chi connectivity index (χ3v) is 5.53. The van der Waals surface area contributed by atoms with Crippen LogP contribution in [0.25, 0.3) is 6.08 Å². The van der Waals surface area contributed by atoms with Crippen LogP contribution in [0, 0.1) is 0 Å². The maximum atomic E-state index is 13.3. The highest BCUT2D eigenvalue weighted by atomic mass is 35.5. The quantitative estimate of drug-likeness (QED) is 0.352. The first kappa shape index (κ1) is 26.7. The van der Waals surface area contributed by atoms with Crippen molar-refractivity contribution in [1.29, 1.82) is 0 Å². The van der Waals surface area contributed by atoms with Gasteiger partial charge in [0.05, 0.1) is 41.3 Å². The number of carbonyl (C=O) groups excluding carboxylic acids is 2. The number of hydrogen-bond donors (Lipinski definition) is 1. The van der Waals surface area contributed by atoms with Crippen LogP contribution in [0.2, 0.25) is 5.02 Å². The minimum absolute atomic E-state index is 0.0508. The Labute approximate surface area is 213 Å². The van der Waals surface area contributed by atoms with Crippen molar-refractivity contribution < 1.29 is 33.7 Å². The van der Waals surface area contributed by atoms with Gasteiger partial charge in [-0.3, -0.25) is 4.79 Å². The van der Waals surface area contributed by atoms with Crippen LogP contribution in [0.5, 0.6) is 11.5 Å². The highest BCUT2D eigenvalue weighted by molar-refractivity contribution is 6.34. The molecule has 36 heavy (non-hydrogen) atoms. The number of aromatic carboxylic acids is 1. The van der Waals surface area contributed by atoms with Gasteiger partial charge < -0.3 is 19.3 Å². The van der Waals surface area contributed by atoms with Gasteiger partial charge in [-0.2, -0.15) is 10.1 Å². The van der Waals surface area contributed by atoms with E-state index in [1.165, 1.54) is 31.2 Å². The Morgan fingerprint density at radius 3 is 2.61 bits per heavy atom. The molecule has 0 aromatic heterocycles. The molecule has 0 saturated carbocycles. The molecule has 1 heterocycles. The van der Waals surface area contributed by atoms with Gasteiger partial charge in [0, 0.05) is 0 Å². The number of ether oxygens (including phenoxy) is 3. The molecule has 3 rings (SSSR count). The summed E-state index contributed by atoms with van der Waals surface area (Å²) < 4.78 is 16.1. The first-order valence-corrected chi connectivity index (χ1v) is 11.8. The van der Waals surface area contributed by atoms with E-state index in [2.05, 4.69) is 5.10 Å². The smallest absolute Gasteiger partial charge is 0.346 e. The SMILES string of the molecule is CCCC1=NN(c2cccc(C(=O)O)c2)C(=O)C1=Cc1cc(Cl)c(OC(C)C(=O)OC)c(OCC)c1. The largest absolute Gasteiger partial charge is 0.490 e. The highest BCUT2D eigenvalue weighted by Crippen LogP contribution is 2.38. The van der Waals surface area contributed by atoms with Gasteiger partial charge in [-0.15, -0.1) is 0 Å². The monoisotopic (exact) mass is 514 g/mol. The van der Waals surface area contributed by atoms with Crippen LogP contribution in [0.15, 0.2) is 47.1 Å². The molecule has 0 bridgehead atoms. The van der Waals surface area contributed by atoms with Gasteiger partial charge in [0.25, 0.3) is 5.91 Å². The van der Waals surface area contributed by atoms with E-state index in [4.69, 9.17) is 25.8 Å². The van der Waals surface area contributed by atoms with Crippen molar-refractivity contribution in [2.24, 2.45) is 5.10 Å². The van der Waals surface area contributed by atoms with Crippen LogP contribution in [0.1, 0.15) is 49.5 Å². The molecular weight excluding hydrogens is 488 g/mol. The first-order chi connectivity index (χ1) is 17.2. The topological polar surface area (TPSA) is 115 Å². The summed E-state index contributed by atoms with van der Waals surface area (Å²) in [6, 6.07) is 9.29. The molecule has 1 amide bonds. The van der Waals surface area contributed by atoms with Gasteiger partial charge in [-0.25, -0.2) is 9.59 Å². The Bertz CT molecular complexity index is 1240. The molecule has 0 radical (unpaired) electrons. The number of amides is 1. The van der Waals surface area contributed by atoms with E-state index < -0.39 is 23.9 Å². The van der Waals surface area contributed by atoms with E-state index >= 15 is 0 Å². The van der Waals surface area contributed by atoms with Gasteiger partial charge in [-0.1, -0.05) is 31.0 Å². The number of methoxy groups -OCH3 is 1. The summed E-state index contributed by atoms with van der Waals surface area (Å²) in [7, 11) is 1.26. The van der Waals surface area contributed by atoms with Gasteiger partial charge in [0.15, 0.2) is 17.6 Å². The van der Waals surface area contributed by atoms with Crippen LogP contribution >= 0.6 is 11.6 Å². The molecule has 9 nitrogen and oxygen atoms in total. The van der Waals surface area contributed by atoms with E-state index in [0.717, 1.165) is 6.42 Å². The number of rotatable bonds is 10. The Morgan fingerprint density at radius 1 is 1.22 bits per heavy atom. The zero-order chi connectivity index (χ0) is 26.4. The fourth-order valence-corrected chi connectivity index (χ4v) is 3.84. The molecule has 190 valence electrons. The molecule has 1 aliphatic heterocycles. The number of esters is 1. The molecular formula is C26H27ClN2O7. The van der Waals surface area contributed by atoms with E-state index in [0.29, 0.717) is 41.3 Å². The van der Waals surface area contributed by atoms with Crippen molar-refractivity contribution in [2.45, 2.75) is 39.7 Å². The molecule has 1 unspecified atom stereocenters. The molecule has 1 aliphatic rings. The molecule has 0 spiro atoms. The van der Waals surface area contributed by atoms with Gasteiger partial charge in [0.2, 0.25) is 0 Å². The van der Waals surface area contributed by atoms with Gasteiger partial charge in [-0.05, 0) is 62.2 Å². The fraction of sp³-hybridized carbons (Fsp3) is 0.308. The lowest BCUT2D eigenvalue weighted by Gasteiger charge is -2.18. The van der Waals surface area contributed by atoms with Crippen LogP contribution in [-0.4, -0.2) is 48.5 Å². The second kappa shape index (κ2) is 11.7. The first-order valence-electron chi connectivity index (χ1n) is 11.4. The van der Waals surface area contributed by atoms with Crippen LogP contribution < -0.4 is 14.5 Å². The third-order valence-electron chi connectivity index (χ3n) is 5.25. The zero-order valence-electron chi connectivity index (χ0n) is 20.4. The maximum absolute atomic E-state index is 13.3. The molecule has 1 N–H and O–H groups in total. The lowest BCUT2D eigenvalue weighted by Crippen LogP contribution is -2.25. The summed E-state index contributed by atoms with van der Waals surface area (Å²) in [5.41, 5.74) is 1.89. The molecule has 0 saturated heterocycles. The van der Waals surface area contributed by atoms with E-state index in [1.54, 1.807) is 37.3 Å². The average molecular weight is 515 g/mol. The second-order valence-corrected chi connectivity index (χ2v) is 8.28. The third kappa shape index (κ3) is 5.85. The predicted octanol–water partition coefficient (Wildman–Crippen LogP) is 4.96. The summed E-state index contributed by atoms with van der Waals surface area (Å²) in [6.07, 6.45) is 2.03. The summed E-state index contributed by atoms with van der Waals surface area (Å²) in [6.45, 7) is 5.61. The number of carboxylic acid groups (broad SMARTS) is 1. The zero-order valence-corrected chi connectivity index (χ0v) is 21.2. The van der Waals surface area contributed by atoms with Crippen molar-refractivity contribution in [2.75, 3.05) is 18.7 Å². The van der Waals surface area contributed by atoms with Gasteiger partial charge in [0.1, 0.15) is 0 Å². The number of halogens is 1. The van der Waals surface area contributed by atoms with E-state index in [9.17, 15) is 19.5 Å². The number of benzene rings is 2. The molecule has 0 fully saturated rings. The molecule has 1 atom stereocenters.